The van der Waals surface area contributed by atoms with Gasteiger partial charge in [-0.05, 0) is 36.1 Å². The van der Waals surface area contributed by atoms with Gasteiger partial charge in [-0.1, -0.05) is 31.5 Å². The van der Waals surface area contributed by atoms with Crippen LogP contribution in [-0.4, -0.2) is 15.9 Å². The Morgan fingerprint density at radius 1 is 1.29 bits per heavy atom. The fraction of sp³-hybridized carbons (Fsp3) is 0.235. The first kappa shape index (κ1) is 17.7. The minimum Gasteiger partial charge on any atom is -0.507 e. The van der Waals surface area contributed by atoms with Crippen molar-refractivity contribution in [3.05, 3.63) is 62.7 Å². The van der Waals surface area contributed by atoms with Gasteiger partial charge in [0.05, 0.1) is 21.2 Å². The van der Waals surface area contributed by atoms with E-state index < -0.39 is 10.8 Å². The summed E-state index contributed by atoms with van der Waals surface area (Å²) in [6.45, 7) is 4.12. The normalized spacial score (nSPS) is 10.7. The van der Waals surface area contributed by atoms with Gasteiger partial charge < -0.3 is 10.4 Å². The average molecular weight is 349 g/mol. The summed E-state index contributed by atoms with van der Waals surface area (Å²) in [5.74, 6) is -0.263. The van der Waals surface area contributed by atoms with Gasteiger partial charge >= 0.3 is 0 Å². The summed E-state index contributed by atoms with van der Waals surface area (Å²) in [5, 5.41) is 23.2. The number of anilines is 1. The van der Waals surface area contributed by atoms with Crippen molar-refractivity contribution >= 4 is 28.9 Å². The van der Waals surface area contributed by atoms with Gasteiger partial charge in [0.1, 0.15) is 5.75 Å². The molecule has 0 unspecified atom stereocenters. The minimum absolute atomic E-state index is 0.0513. The highest BCUT2D eigenvalue weighted by Crippen LogP contribution is 2.28. The summed E-state index contributed by atoms with van der Waals surface area (Å²) in [4.78, 5) is 22.5. The van der Waals surface area contributed by atoms with Crippen LogP contribution in [0, 0.1) is 16.0 Å². The van der Waals surface area contributed by atoms with Crippen LogP contribution in [0.5, 0.6) is 5.75 Å². The van der Waals surface area contributed by atoms with E-state index >= 15 is 0 Å². The van der Waals surface area contributed by atoms with E-state index in [1.807, 2.05) is 0 Å². The molecule has 2 aromatic rings. The molecule has 1 amide bonds. The number of nitrogens with one attached hydrogen (secondary N) is 1. The van der Waals surface area contributed by atoms with Crippen LogP contribution >= 0.6 is 11.6 Å². The van der Waals surface area contributed by atoms with Crippen molar-refractivity contribution in [3.8, 4) is 5.75 Å². The highest BCUT2D eigenvalue weighted by molar-refractivity contribution is 6.34. The van der Waals surface area contributed by atoms with Crippen molar-refractivity contribution in [3.63, 3.8) is 0 Å². The van der Waals surface area contributed by atoms with Crippen LogP contribution in [0.25, 0.3) is 0 Å². The molecular formula is C17H17ClN2O4. The summed E-state index contributed by atoms with van der Waals surface area (Å²) in [7, 11) is 0. The molecule has 0 heterocycles. The Hall–Kier alpha value is -2.60. The third kappa shape index (κ3) is 4.23. The van der Waals surface area contributed by atoms with Crippen LogP contribution in [0.1, 0.15) is 29.8 Å². The molecular weight excluding hydrogens is 332 g/mol. The van der Waals surface area contributed by atoms with Crippen LogP contribution in [0.2, 0.25) is 5.02 Å². The quantitative estimate of drug-likeness (QED) is 0.618. The van der Waals surface area contributed by atoms with Gasteiger partial charge in [-0.3, -0.25) is 14.9 Å². The molecule has 0 spiro atoms. The average Bonchev–Trinajstić information content (AvgIpc) is 2.50. The highest BCUT2D eigenvalue weighted by atomic mass is 35.5. The van der Waals surface area contributed by atoms with E-state index in [2.05, 4.69) is 19.2 Å². The minimum atomic E-state index is -0.571. The van der Waals surface area contributed by atoms with Crippen molar-refractivity contribution in [2.24, 2.45) is 5.92 Å². The zero-order valence-corrected chi connectivity index (χ0v) is 14.0. The summed E-state index contributed by atoms with van der Waals surface area (Å²) < 4.78 is 0. The van der Waals surface area contributed by atoms with E-state index in [1.165, 1.54) is 18.2 Å². The number of nitrogens with zero attached hydrogens (tertiary/aromatic N) is 1. The molecule has 0 aliphatic carbocycles. The largest absolute Gasteiger partial charge is 0.507 e. The summed E-state index contributed by atoms with van der Waals surface area (Å²) in [6.07, 6.45) is 0.777. The maximum absolute atomic E-state index is 12.4. The van der Waals surface area contributed by atoms with Gasteiger partial charge in [-0.2, -0.15) is 0 Å². The Morgan fingerprint density at radius 3 is 2.58 bits per heavy atom. The molecule has 0 bridgehead atoms. The van der Waals surface area contributed by atoms with E-state index in [4.69, 9.17) is 11.6 Å². The topological polar surface area (TPSA) is 92.5 Å². The monoisotopic (exact) mass is 348 g/mol. The lowest BCUT2D eigenvalue weighted by Crippen LogP contribution is -2.13. The maximum atomic E-state index is 12.4. The molecule has 0 saturated heterocycles. The zero-order chi connectivity index (χ0) is 17.9. The zero-order valence-electron chi connectivity index (χ0n) is 13.2. The predicted octanol–water partition coefficient (Wildman–Crippen LogP) is 4.40. The molecule has 0 fully saturated rings. The van der Waals surface area contributed by atoms with E-state index in [0.717, 1.165) is 18.1 Å². The second-order valence-corrected chi connectivity index (χ2v) is 6.23. The van der Waals surface area contributed by atoms with Crippen molar-refractivity contribution in [2.45, 2.75) is 20.3 Å². The molecule has 0 atom stereocenters. The van der Waals surface area contributed by atoms with Gasteiger partial charge in [0.2, 0.25) is 0 Å². The van der Waals surface area contributed by atoms with Crippen LogP contribution < -0.4 is 5.32 Å². The van der Waals surface area contributed by atoms with Crippen molar-refractivity contribution < 1.29 is 14.8 Å². The number of carbonyl (C=O) groups excluding carboxylic acids is 1. The Morgan fingerprint density at radius 2 is 2.00 bits per heavy atom. The van der Waals surface area contributed by atoms with E-state index in [1.54, 1.807) is 12.1 Å². The number of nitro groups is 1. The first-order chi connectivity index (χ1) is 11.3. The number of hydrogen-bond donors (Lipinski definition) is 2. The molecule has 0 aromatic heterocycles. The third-order valence-electron chi connectivity index (χ3n) is 3.36. The van der Waals surface area contributed by atoms with Gasteiger partial charge in [0, 0.05) is 12.1 Å². The molecule has 0 aliphatic rings. The number of aromatic hydroxyl groups is 1. The number of phenols is 1. The number of phenolic OH excluding ortho intramolecular Hbond substituents is 1. The SMILES string of the molecule is CC(C)Cc1ccc(O)c(C(=O)Nc2ccc([N+](=O)[O-])cc2Cl)c1. The lowest BCUT2D eigenvalue weighted by atomic mass is 10.00. The molecule has 2 aromatic carbocycles. The van der Waals surface area contributed by atoms with E-state index in [9.17, 15) is 20.0 Å². The number of nitro benzene ring substituents is 1. The molecule has 0 aliphatic heterocycles. The lowest BCUT2D eigenvalue weighted by molar-refractivity contribution is -0.384. The Balaban J connectivity index is 2.25. The number of non-ortho nitro benzene ring substituents is 1. The number of benzene rings is 2. The van der Waals surface area contributed by atoms with Crippen molar-refractivity contribution in [2.75, 3.05) is 5.32 Å². The Bertz CT molecular complexity index is 790. The van der Waals surface area contributed by atoms with Gasteiger partial charge in [0.15, 0.2) is 0 Å². The molecule has 0 radical (unpaired) electrons. The predicted molar refractivity (Wildman–Crippen MR) is 92.7 cm³/mol. The van der Waals surface area contributed by atoms with Crippen LogP contribution in [0.3, 0.4) is 0 Å². The van der Waals surface area contributed by atoms with Crippen molar-refractivity contribution in [1.29, 1.82) is 0 Å². The Kier molecular flexibility index (Phi) is 5.41. The number of hydrogen-bond acceptors (Lipinski definition) is 4. The summed E-state index contributed by atoms with van der Waals surface area (Å²) in [6, 6.07) is 8.63. The number of amides is 1. The molecule has 7 heteroatoms. The fourth-order valence-corrected chi connectivity index (χ4v) is 2.49. The van der Waals surface area contributed by atoms with Gasteiger partial charge in [-0.15, -0.1) is 0 Å². The molecule has 126 valence electrons. The second kappa shape index (κ2) is 7.31. The number of carbonyl (C=O) groups is 1. The van der Waals surface area contributed by atoms with Crippen LogP contribution in [0.15, 0.2) is 36.4 Å². The first-order valence-corrected chi connectivity index (χ1v) is 7.73. The van der Waals surface area contributed by atoms with E-state index in [0.29, 0.717) is 5.92 Å². The van der Waals surface area contributed by atoms with Crippen LogP contribution in [-0.2, 0) is 6.42 Å². The number of halogens is 1. The summed E-state index contributed by atoms with van der Waals surface area (Å²) >= 11 is 5.96. The van der Waals surface area contributed by atoms with Crippen LogP contribution in [0.4, 0.5) is 11.4 Å². The highest BCUT2D eigenvalue weighted by Gasteiger charge is 2.16. The lowest BCUT2D eigenvalue weighted by Gasteiger charge is -2.11. The van der Waals surface area contributed by atoms with Gasteiger partial charge in [-0.25, -0.2) is 0 Å². The molecule has 2 rings (SSSR count). The van der Waals surface area contributed by atoms with Gasteiger partial charge in [0.25, 0.3) is 11.6 Å². The standard InChI is InChI=1S/C17H17ClN2O4/c1-10(2)7-11-3-6-16(21)13(8-11)17(22)19-15-5-4-12(20(23)24)9-14(15)18/h3-6,8-10,21H,7H2,1-2H3,(H,19,22). The van der Waals surface area contributed by atoms with E-state index in [-0.39, 0.29) is 27.7 Å². The van der Waals surface area contributed by atoms with Crippen molar-refractivity contribution in [1.82, 2.24) is 0 Å². The fourth-order valence-electron chi connectivity index (χ4n) is 2.27. The maximum Gasteiger partial charge on any atom is 0.271 e. The smallest absolute Gasteiger partial charge is 0.271 e. The number of rotatable bonds is 5. The Labute approximate surface area is 144 Å². The summed E-state index contributed by atoms with van der Waals surface area (Å²) in [5.41, 5.74) is 1.13. The molecule has 24 heavy (non-hydrogen) atoms. The molecule has 0 saturated carbocycles. The second-order valence-electron chi connectivity index (χ2n) is 5.82. The third-order valence-corrected chi connectivity index (χ3v) is 3.67. The molecule has 2 N–H and O–H groups in total. The molecule has 6 nitrogen and oxygen atoms in total. The first-order valence-electron chi connectivity index (χ1n) is 7.35.